The van der Waals surface area contributed by atoms with Gasteiger partial charge in [-0.15, -0.1) is 11.3 Å². The first-order valence-corrected chi connectivity index (χ1v) is 7.53. The molecule has 0 radical (unpaired) electrons. The normalized spacial score (nSPS) is 12.6. The third kappa shape index (κ3) is 3.40. The number of hydrogen-bond acceptors (Lipinski definition) is 2. The van der Waals surface area contributed by atoms with Gasteiger partial charge in [-0.3, -0.25) is 0 Å². The predicted octanol–water partition coefficient (Wildman–Crippen LogP) is 4.89. The van der Waals surface area contributed by atoms with Gasteiger partial charge in [-0.2, -0.15) is 0 Å². The molecule has 18 heavy (non-hydrogen) atoms. The molecule has 0 aliphatic carbocycles. The van der Waals surface area contributed by atoms with Crippen LogP contribution >= 0.6 is 27.3 Å². The van der Waals surface area contributed by atoms with Crippen LogP contribution in [0.15, 0.2) is 40.2 Å². The van der Waals surface area contributed by atoms with E-state index in [-0.39, 0.29) is 11.9 Å². The summed E-state index contributed by atoms with van der Waals surface area (Å²) >= 11 is 5.14. The number of halogens is 2. The molecule has 1 aromatic heterocycles. The fourth-order valence-electron chi connectivity index (χ4n) is 1.90. The van der Waals surface area contributed by atoms with Gasteiger partial charge in [0.15, 0.2) is 0 Å². The molecule has 2 rings (SSSR count). The molecule has 96 valence electrons. The second kappa shape index (κ2) is 6.45. The molecule has 1 aromatic carbocycles. The van der Waals surface area contributed by atoms with Crippen LogP contribution in [0.25, 0.3) is 0 Å². The molecule has 1 atom stereocenters. The highest BCUT2D eigenvalue weighted by atomic mass is 79.9. The molecular formula is C14H15BrFNS. The van der Waals surface area contributed by atoms with Gasteiger partial charge in [0.2, 0.25) is 0 Å². The summed E-state index contributed by atoms with van der Waals surface area (Å²) in [5.74, 6) is -0.135. The Morgan fingerprint density at radius 2 is 2.06 bits per heavy atom. The number of thiophene rings is 1. The lowest BCUT2D eigenvalue weighted by molar-refractivity contribution is 0.490. The summed E-state index contributed by atoms with van der Waals surface area (Å²) in [7, 11) is 0. The minimum Gasteiger partial charge on any atom is -0.305 e. The molecule has 0 spiro atoms. The molecule has 0 aliphatic heterocycles. The van der Waals surface area contributed by atoms with Crippen molar-refractivity contribution in [2.75, 3.05) is 0 Å². The summed E-state index contributed by atoms with van der Waals surface area (Å²) in [6, 6.07) is 11.1. The van der Waals surface area contributed by atoms with E-state index in [2.05, 4.69) is 34.2 Å². The van der Waals surface area contributed by atoms with Crippen LogP contribution in [-0.2, 0) is 6.54 Å². The van der Waals surface area contributed by atoms with E-state index in [1.807, 2.05) is 18.2 Å². The highest BCUT2D eigenvalue weighted by Gasteiger charge is 2.13. The summed E-state index contributed by atoms with van der Waals surface area (Å²) in [6.45, 7) is 2.83. The fourth-order valence-corrected chi connectivity index (χ4v) is 3.34. The monoisotopic (exact) mass is 327 g/mol. The van der Waals surface area contributed by atoms with Crippen molar-refractivity contribution in [3.05, 3.63) is 56.4 Å². The van der Waals surface area contributed by atoms with E-state index < -0.39 is 0 Å². The summed E-state index contributed by atoms with van der Waals surface area (Å²) in [5.41, 5.74) is 0.746. The topological polar surface area (TPSA) is 12.0 Å². The third-order valence-electron chi connectivity index (χ3n) is 2.84. The van der Waals surface area contributed by atoms with Crippen LogP contribution in [0.3, 0.4) is 0 Å². The van der Waals surface area contributed by atoms with E-state index in [0.717, 1.165) is 22.3 Å². The molecule has 0 saturated heterocycles. The van der Waals surface area contributed by atoms with Gasteiger partial charge >= 0.3 is 0 Å². The van der Waals surface area contributed by atoms with Gasteiger partial charge in [-0.1, -0.05) is 25.1 Å². The van der Waals surface area contributed by atoms with Gasteiger partial charge < -0.3 is 5.32 Å². The van der Waals surface area contributed by atoms with Gasteiger partial charge in [-0.25, -0.2) is 4.39 Å². The summed E-state index contributed by atoms with van der Waals surface area (Å²) in [6.07, 6.45) is 0.869. The van der Waals surface area contributed by atoms with Crippen molar-refractivity contribution in [2.24, 2.45) is 0 Å². The summed E-state index contributed by atoms with van der Waals surface area (Å²) in [5, 5.41) is 3.41. The minimum absolute atomic E-state index is 0.0621. The molecule has 1 nitrogen and oxygen atoms in total. The van der Waals surface area contributed by atoms with Crippen LogP contribution < -0.4 is 5.32 Å². The zero-order chi connectivity index (χ0) is 13.0. The Hall–Kier alpha value is -0.710. The standard InChI is InChI=1S/C14H15BrFNS/c1-2-13(11-5-3-4-6-12(11)16)17-9-10-7-8-14(15)18-10/h3-8,13,17H,2,9H2,1H3. The van der Waals surface area contributed by atoms with Crippen molar-refractivity contribution in [1.29, 1.82) is 0 Å². The summed E-state index contributed by atoms with van der Waals surface area (Å²) < 4.78 is 14.8. The lowest BCUT2D eigenvalue weighted by atomic mass is 10.0. The van der Waals surface area contributed by atoms with E-state index >= 15 is 0 Å². The molecular weight excluding hydrogens is 313 g/mol. The van der Waals surface area contributed by atoms with Crippen molar-refractivity contribution in [1.82, 2.24) is 5.32 Å². The van der Waals surface area contributed by atoms with Crippen LogP contribution in [0.2, 0.25) is 0 Å². The van der Waals surface area contributed by atoms with E-state index in [0.29, 0.717) is 0 Å². The first-order valence-electron chi connectivity index (χ1n) is 5.92. The lowest BCUT2D eigenvalue weighted by Gasteiger charge is -2.17. The Morgan fingerprint density at radius 1 is 1.28 bits per heavy atom. The first kappa shape index (κ1) is 13.7. The highest BCUT2D eigenvalue weighted by Crippen LogP contribution is 2.24. The highest BCUT2D eigenvalue weighted by molar-refractivity contribution is 9.11. The van der Waals surface area contributed by atoms with Crippen LogP contribution in [0.4, 0.5) is 4.39 Å². The molecule has 0 saturated carbocycles. The Labute approximate surface area is 119 Å². The smallest absolute Gasteiger partial charge is 0.127 e. The van der Waals surface area contributed by atoms with Gasteiger partial charge in [0.25, 0.3) is 0 Å². The molecule has 1 unspecified atom stereocenters. The average molecular weight is 328 g/mol. The maximum atomic E-state index is 13.7. The van der Waals surface area contributed by atoms with Crippen LogP contribution in [0.5, 0.6) is 0 Å². The minimum atomic E-state index is -0.135. The zero-order valence-corrected chi connectivity index (χ0v) is 12.5. The molecule has 0 fully saturated rings. The SMILES string of the molecule is CCC(NCc1ccc(Br)s1)c1ccccc1F. The molecule has 0 bridgehead atoms. The van der Waals surface area contributed by atoms with Crippen molar-refractivity contribution in [3.63, 3.8) is 0 Å². The number of hydrogen-bond donors (Lipinski definition) is 1. The van der Waals surface area contributed by atoms with Crippen LogP contribution in [-0.4, -0.2) is 0 Å². The second-order valence-corrected chi connectivity index (χ2v) is 6.62. The fraction of sp³-hybridized carbons (Fsp3) is 0.286. The van der Waals surface area contributed by atoms with Crippen molar-refractivity contribution < 1.29 is 4.39 Å². The predicted molar refractivity (Wildman–Crippen MR) is 78.3 cm³/mol. The number of nitrogens with one attached hydrogen (secondary N) is 1. The number of benzene rings is 1. The third-order valence-corrected chi connectivity index (χ3v) is 4.46. The maximum Gasteiger partial charge on any atom is 0.127 e. The Bertz CT molecular complexity index is 512. The van der Waals surface area contributed by atoms with E-state index in [1.54, 1.807) is 17.4 Å². The Kier molecular flexibility index (Phi) is 4.92. The molecule has 1 N–H and O–H groups in total. The Balaban J connectivity index is 2.04. The maximum absolute atomic E-state index is 13.7. The largest absolute Gasteiger partial charge is 0.305 e. The van der Waals surface area contributed by atoms with Crippen molar-refractivity contribution in [3.8, 4) is 0 Å². The molecule has 4 heteroatoms. The first-order chi connectivity index (χ1) is 8.70. The van der Waals surface area contributed by atoms with Gasteiger partial charge in [-0.05, 0) is 40.5 Å². The van der Waals surface area contributed by atoms with Gasteiger partial charge in [0.1, 0.15) is 5.82 Å². The van der Waals surface area contributed by atoms with Crippen LogP contribution in [0, 0.1) is 5.82 Å². The van der Waals surface area contributed by atoms with Gasteiger partial charge in [0, 0.05) is 23.0 Å². The quantitative estimate of drug-likeness (QED) is 0.824. The Morgan fingerprint density at radius 3 is 2.67 bits per heavy atom. The average Bonchev–Trinajstić information content (AvgIpc) is 2.78. The second-order valence-electron chi connectivity index (χ2n) is 4.07. The van der Waals surface area contributed by atoms with Crippen LogP contribution in [0.1, 0.15) is 29.8 Å². The molecule has 0 amide bonds. The summed E-state index contributed by atoms with van der Waals surface area (Å²) in [4.78, 5) is 1.25. The lowest BCUT2D eigenvalue weighted by Crippen LogP contribution is -2.20. The van der Waals surface area contributed by atoms with E-state index in [1.165, 1.54) is 10.9 Å². The molecule has 2 aromatic rings. The van der Waals surface area contributed by atoms with E-state index in [9.17, 15) is 4.39 Å². The van der Waals surface area contributed by atoms with E-state index in [4.69, 9.17) is 0 Å². The molecule has 0 aliphatic rings. The van der Waals surface area contributed by atoms with Crippen molar-refractivity contribution >= 4 is 27.3 Å². The molecule has 1 heterocycles. The zero-order valence-electron chi connectivity index (χ0n) is 10.1. The number of rotatable bonds is 5. The van der Waals surface area contributed by atoms with Crippen molar-refractivity contribution in [2.45, 2.75) is 25.9 Å². The van der Waals surface area contributed by atoms with Gasteiger partial charge in [0.05, 0.1) is 3.79 Å².